The summed E-state index contributed by atoms with van der Waals surface area (Å²) in [6.45, 7) is 7.06. The second kappa shape index (κ2) is 6.53. The highest BCUT2D eigenvalue weighted by Gasteiger charge is 2.13. The molecule has 4 nitrogen and oxygen atoms in total. The molecular weight excluding hydrogens is 236 g/mol. The van der Waals surface area contributed by atoms with E-state index >= 15 is 0 Å². The van der Waals surface area contributed by atoms with Crippen molar-refractivity contribution in [3.05, 3.63) is 23.0 Å². The number of hydrogen-bond acceptors (Lipinski definition) is 4. The minimum absolute atomic E-state index is 0.673. The van der Waals surface area contributed by atoms with Crippen LogP contribution >= 0.6 is 0 Å². The van der Waals surface area contributed by atoms with Crippen molar-refractivity contribution in [1.82, 2.24) is 10.3 Å². The Morgan fingerprint density at radius 1 is 1.53 bits per heavy atom. The molecule has 0 aliphatic carbocycles. The van der Waals surface area contributed by atoms with Gasteiger partial charge in [0.15, 0.2) is 0 Å². The van der Waals surface area contributed by atoms with Crippen molar-refractivity contribution in [2.75, 3.05) is 25.0 Å². The maximum absolute atomic E-state index is 9.20. The van der Waals surface area contributed by atoms with Gasteiger partial charge in [0, 0.05) is 12.2 Å². The molecule has 1 aliphatic heterocycles. The van der Waals surface area contributed by atoms with Gasteiger partial charge in [-0.3, -0.25) is 4.98 Å². The number of rotatable bonds is 4. The van der Waals surface area contributed by atoms with E-state index in [1.807, 2.05) is 19.9 Å². The van der Waals surface area contributed by atoms with Crippen molar-refractivity contribution >= 4 is 5.69 Å². The van der Waals surface area contributed by atoms with E-state index in [0.29, 0.717) is 5.56 Å². The first-order valence-corrected chi connectivity index (χ1v) is 7.03. The summed E-state index contributed by atoms with van der Waals surface area (Å²) in [6.07, 6.45) is 3.74. The lowest BCUT2D eigenvalue weighted by molar-refractivity contribution is 0.364. The van der Waals surface area contributed by atoms with E-state index in [2.05, 4.69) is 21.7 Å². The van der Waals surface area contributed by atoms with Gasteiger partial charge >= 0.3 is 0 Å². The highest BCUT2D eigenvalue weighted by atomic mass is 14.9. The molecule has 1 unspecified atom stereocenters. The van der Waals surface area contributed by atoms with Gasteiger partial charge in [0.2, 0.25) is 0 Å². The summed E-state index contributed by atoms with van der Waals surface area (Å²) in [5.74, 6) is 0.760. The zero-order chi connectivity index (χ0) is 13.7. The fourth-order valence-corrected chi connectivity index (χ4v) is 2.69. The minimum Gasteiger partial charge on any atom is -0.384 e. The zero-order valence-corrected chi connectivity index (χ0v) is 11.8. The van der Waals surface area contributed by atoms with Gasteiger partial charge in [-0.05, 0) is 58.2 Å². The van der Waals surface area contributed by atoms with Crippen molar-refractivity contribution in [3.63, 3.8) is 0 Å². The Morgan fingerprint density at radius 3 is 3.05 bits per heavy atom. The summed E-state index contributed by atoms with van der Waals surface area (Å²) in [6, 6.07) is 4.21. The number of nitrogens with zero attached hydrogens (tertiary/aromatic N) is 2. The number of aromatic nitrogens is 1. The Kier molecular flexibility index (Phi) is 4.75. The largest absolute Gasteiger partial charge is 0.384 e. The Bertz CT molecular complexity index is 470. The molecule has 1 aliphatic rings. The van der Waals surface area contributed by atoms with Gasteiger partial charge in [0.25, 0.3) is 0 Å². The van der Waals surface area contributed by atoms with Crippen molar-refractivity contribution in [2.24, 2.45) is 5.92 Å². The number of nitrogens with one attached hydrogen (secondary N) is 2. The summed E-state index contributed by atoms with van der Waals surface area (Å²) in [4.78, 5) is 4.33. The summed E-state index contributed by atoms with van der Waals surface area (Å²) in [5, 5.41) is 16.0. The normalized spacial score (nSPS) is 18.9. The van der Waals surface area contributed by atoms with Crippen LogP contribution in [0.4, 0.5) is 5.69 Å². The molecule has 2 heterocycles. The molecule has 0 spiro atoms. The number of anilines is 1. The summed E-state index contributed by atoms with van der Waals surface area (Å²) in [5.41, 5.74) is 3.37. The van der Waals surface area contributed by atoms with Crippen LogP contribution in [0, 0.1) is 31.1 Å². The predicted octanol–water partition coefficient (Wildman–Crippen LogP) is 2.37. The second-order valence-corrected chi connectivity index (χ2v) is 5.31. The average molecular weight is 258 g/mol. The molecule has 0 amide bonds. The molecule has 0 radical (unpaired) electrons. The molecule has 4 heteroatoms. The Morgan fingerprint density at radius 2 is 2.37 bits per heavy atom. The first-order chi connectivity index (χ1) is 9.20. The van der Waals surface area contributed by atoms with Crippen LogP contribution in [0.3, 0.4) is 0 Å². The van der Waals surface area contributed by atoms with Crippen molar-refractivity contribution < 1.29 is 0 Å². The van der Waals surface area contributed by atoms with Crippen LogP contribution < -0.4 is 10.6 Å². The fraction of sp³-hybridized carbons (Fsp3) is 0.600. The molecule has 0 aromatic carbocycles. The lowest BCUT2D eigenvalue weighted by atomic mass is 9.96. The molecule has 1 saturated heterocycles. The number of hydrogen-bond donors (Lipinski definition) is 2. The number of pyridine rings is 1. The van der Waals surface area contributed by atoms with E-state index in [0.717, 1.165) is 49.0 Å². The maximum Gasteiger partial charge on any atom is 0.103 e. The van der Waals surface area contributed by atoms with Gasteiger partial charge in [-0.2, -0.15) is 5.26 Å². The molecule has 2 rings (SSSR count). The molecule has 0 bridgehead atoms. The summed E-state index contributed by atoms with van der Waals surface area (Å²) >= 11 is 0. The number of aryl methyl sites for hydroxylation is 2. The van der Waals surface area contributed by atoms with Crippen LogP contribution in [-0.2, 0) is 0 Å². The van der Waals surface area contributed by atoms with E-state index in [9.17, 15) is 5.26 Å². The smallest absolute Gasteiger partial charge is 0.103 e. The molecule has 1 aromatic rings. The van der Waals surface area contributed by atoms with Crippen LogP contribution in [-0.4, -0.2) is 24.6 Å². The molecule has 1 fully saturated rings. The van der Waals surface area contributed by atoms with E-state index in [4.69, 9.17) is 0 Å². The van der Waals surface area contributed by atoms with Gasteiger partial charge in [-0.1, -0.05) is 0 Å². The SMILES string of the molecule is Cc1cc(NCCC2CCCNC2)c(C#N)c(C)n1. The highest BCUT2D eigenvalue weighted by Crippen LogP contribution is 2.20. The number of nitriles is 1. The molecule has 1 aromatic heterocycles. The van der Waals surface area contributed by atoms with Crippen molar-refractivity contribution in [3.8, 4) is 6.07 Å². The molecule has 0 saturated carbocycles. The van der Waals surface area contributed by atoms with E-state index in [1.54, 1.807) is 0 Å². The molecular formula is C15H22N4. The lowest BCUT2D eigenvalue weighted by Gasteiger charge is -2.23. The van der Waals surface area contributed by atoms with Gasteiger partial charge < -0.3 is 10.6 Å². The van der Waals surface area contributed by atoms with E-state index in [1.165, 1.54) is 12.8 Å². The van der Waals surface area contributed by atoms with Gasteiger partial charge in [-0.15, -0.1) is 0 Å². The minimum atomic E-state index is 0.673. The predicted molar refractivity (Wildman–Crippen MR) is 77.1 cm³/mol. The van der Waals surface area contributed by atoms with Crippen molar-refractivity contribution in [2.45, 2.75) is 33.1 Å². The maximum atomic E-state index is 9.20. The highest BCUT2D eigenvalue weighted by molar-refractivity contribution is 5.59. The lowest BCUT2D eigenvalue weighted by Crippen LogP contribution is -2.30. The summed E-state index contributed by atoms with van der Waals surface area (Å²) in [7, 11) is 0. The van der Waals surface area contributed by atoms with Crippen LogP contribution in [0.25, 0.3) is 0 Å². The van der Waals surface area contributed by atoms with Gasteiger partial charge in [0.1, 0.15) is 6.07 Å². The second-order valence-electron chi connectivity index (χ2n) is 5.31. The average Bonchev–Trinajstić information content (AvgIpc) is 2.39. The van der Waals surface area contributed by atoms with E-state index < -0.39 is 0 Å². The third-order valence-electron chi connectivity index (χ3n) is 3.71. The Labute approximate surface area is 115 Å². The van der Waals surface area contributed by atoms with Gasteiger partial charge in [-0.25, -0.2) is 0 Å². The fourth-order valence-electron chi connectivity index (χ4n) is 2.69. The van der Waals surface area contributed by atoms with Gasteiger partial charge in [0.05, 0.1) is 16.9 Å². The van der Waals surface area contributed by atoms with Crippen LogP contribution in [0.5, 0.6) is 0 Å². The van der Waals surface area contributed by atoms with E-state index in [-0.39, 0.29) is 0 Å². The zero-order valence-electron chi connectivity index (χ0n) is 11.8. The first-order valence-electron chi connectivity index (χ1n) is 7.03. The van der Waals surface area contributed by atoms with Crippen LogP contribution in [0.1, 0.15) is 36.2 Å². The monoisotopic (exact) mass is 258 g/mol. The standard InChI is InChI=1S/C15H22N4/c1-11-8-15(14(9-16)12(2)19-11)18-7-5-13-4-3-6-17-10-13/h8,13,17H,3-7,10H2,1-2H3,(H,18,19). The quantitative estimate of drug-likeness (QED) is 0.870. The Balaban J connectivity index is 1.93. The molecule has 102 valence electrons. The Hall–Kier alpha value is -1.60. The van der Waals surface area contributed by atoms with Crippen molar-refractivity contribution in [1.29, 1.82) is 5.26 Å². The number of piperidine rings is 1. The summed E-state index contributed by atoms with van der Waals surface area (Å²) < 4.78 is 0. The topological polar surface area (TPSA) is 60.7 Å². The molecule has 1 atom stereocenters. The third-order valence-corrected chi connectivity index (χ3v) is 3.71. The third kappa shape index (κ3) is 3.68. The van der Waals surface area contributed by atoms with Crippen LogP contribution in [0.2, 0.25) is 0 Å². The molecule has 2 N–H and O–H groups in total. The first kappa shape index (κ1) is 13.8. The van der Waals surface area contributed by atoms with Crippen LogP contribution in [0.15, 0.2) is 6.07 Å². The molecule has 19 heavy (non-hydrogen) atoms.